The first-order valence-corrected chi connectivity index (χ1v) is 5.06. The van der Waals surface area contributed by atoms with E-state index in [1.165, 1.54) is 11.0 Å². The van der Waals surface area contributed by atoms with Gasteiger partial charge in [-0.05, 0) is 18.2 Å². The number of hydrogen-bond acceptors (Lipinski definition) is 3. The molecule has 1 aromatic carbocycles. The second kappa shape index (κ2) is 4.37. The van der Waals surface area contributed by atoms with E-state index >= 15 is 0 Å². The van der Waals surface area contributed by atoms with Gasteiger partial charge in [0.15, 0.2) is 0 Å². The molecule has 1 aromatic heterocycles. The lowest BCUT2D eigenvalue weighted by Crippen LogP contribution is -2.25. The molecule has 0 bridgehead atoms. The van der Waals surface area contributed by atoms with E-state index in [1.807, 2.05) is 0 Å². The maximum absolute atomic E-state index is 13.5. The summed E-state index contributed by atoms with van der Waals surface area (Å²) in [7, 11) is 1.60. The van der Waals surface area contributed by atoms with Gasteiger partial charge in [-0.3, -0.25) is 4.79 Å². The molecule has 0 saturated carbocycles. The fourth-order valence-corrected chi connectivity index (χ4v) is 1.60. The first-order valence-electron chi connectivity index (χ1n) is 5.06. The Kier molecular flexibility index (Phi) is 2.91. The molecule has 0 radical (unpaired) electrons. The molecule has 0 aliphatic heterocycles. The van der Waals surface area contributed by atoms with Crippen molar-refractivity contribution in [1.82, 2.24) is 4.98 Å². The minimum atomic E-state index is -0.956. The lowest BCUT2D eigenvalue weighted by molar-refractivity contribution is -0.135. The van der Waals surface area contributed by atoms with Crippen LogP contribution in [0.2, 0.25) is 0 Å². The van der Waals surface area contributed by atoms with E-state index < -0.39 is 11.8 Å². The monoisotopic (exact) mass is 234 g/mol. The van der Waals surface area contributed by atoms with E-state index in [2.05, 4.69) is 4.98 Å². The van der Waals surface area contributed by atoms with Gasteiger partial charge in [-0.2, -0.15) is 0 Å². The zero-order chi connectivity index (χ0) is 12.4. The average Bonchev–Trinajstić information content (AvgIpc) is 2.28. The zero-order valence-corrected chi connectivity index (χ0v) is 9.22. The number of para-hydroxylation sites is 1. The number of carboxylic acid groups (broad SMARTS) is 1. The van der Waals surface area contributed by atoms with Gasteiger partial charge in [0.25, 0.3) is 0 Å². The van der Waals surface area contributed by atoms with Crippen molar-refractivity contribution < 1.29 is 14.3 Å². The van der Waals surface area contributed by atoms with Gasteiger partial charge in [0, 0.05) is 12.4 Å². The zero-order valence-electron chi connectivity index (χ0n) is 9.22. The number of aromatic nitrogens is 1. The molecule has 17 heavy (non-hydrogen) atoms. The quantitative estimate of drug-likeness (QED) is 0.881. The van der Waals surface area contributed by atoms with Crippen molar-refractivity contribution in [3.63, 3.8) is 0 Å². The van der Waals surface area contributed by atoms with Crippen LogP contribution in [0, 0.1) is 5.82 Å². The first-order chi connectivity index (χ1) is 8.08. The molecule has 0 aliphatic carbocycles. The van der Waals surface area contributed by atoms with E-state index in [4.69, 9.17) is 5.11 Å². The average molecular weight is 234 g/mol. The van der Waals surface area contributed by atoms with Crippen molar-refractivity contribution in [2.75, 3.05) is 18.5 Å². The van der Waals surface area contributed by atoms with Gasteiger partial charge in [-0.1, -0.05) is 12.1 Å². The van der Waals surface area contributed by atoms with Crippen LogP contribution in [0.5, 0.6) is 0 Å². The minimum absolute atomic E-state index is 0.174. The molecule has 0 atom stereocenters. The van der Waals surface area contributed by atoms with Crippen molar-refractivity contribution >= 4 is 22.7 Å². The lowest BCUT2D eigenvalue weighted by atomic mass is 10.2. The van der Waals surface area contributed by atoms with Crippen LogP contribution in [0.25, 0.3) is 10.9 Å². The number of hydrogen-bond donors (Lipinski definition) is 1. The molecule has 0 unspecified atom stereocenters. The molecule has 2 aromatic rings. The summed E-state index contributed by atoms with van der Waals surface area (Å²) in [4.78, 5) is 16.1. The molecular formula is C12H11FN2O2. The maximum Gasteiger partial charge on any atom is 0.323 e. The lowest BCUT2D eigenvalue weighted by Gasteiger charge is -2.15. The van der Waals surface area contributed by atoms with Crippen LogP contribution in [-0.4, -0.2) is 29.7 Å². The third-order valence-electron chi connectivity index (χ3n) is 2.42. The summed E-state index contributed by atoms with van der Waals surface area (Å²) in [5, 5.41) is 9.36. The predicted octanol–water partition coefficient (Wildman–Crippen LogP) is 1.89. The number of likely N-dealkylation sites (N-methyl/N-ethyl adjacent to an activating group) is 1. The summed E-state index contributed by atoms with van der Waals surface area (Å²) in [5.41, 5.74) is 0.252. The van der Waals surface area contributed by atoms with Crippen molar-refractivity contribution in [3.05, 3.63) is 36.1 Å². The van der Waals surface area contributed by atoms with E-state index in [0.717, 1.165) is 0 Å². The van der Waals surface area contributed by atoms with Crippen LogP contribution in [0.15, 0.2) is 30.3 Å². The Morgan fingerprint density at radius 3 is 2.88 bits per heavy atom. The number of halogens is 1. The predicted molar refractivity (Wildman–Crippen MR) is 62.6 cm³/mol. The normalized spacial score (nSPS) is 10.5. The van der Waals surface area contributed by atoms with Crippen molar-refractivity contribution in [2.24, 2.45) is 0 Å². The summed E-state index contributed by atoms with van der Waals surface area (Å²) >= 11 is 0. The van der Waals surface area contributed by atoms with Gasteiger partial charge in [-0.15, -0.1) is 0 Å². The summed E-state index contributed by atoms with van der Waals surface area (Å²) in [6.45, 7) is -0.174. The number of pyridine rings is 1. The van der Waals surface area contributed by atoms with E-state index in [-0.39, 0.29) is 12.1 Å². The molecule has 0 amide bonds. The summed E-state index contributed by atoms with van der Waals surface area (Å²) in [6, 6.07) is 8.09. The van der Waals surface area contributed by atoms with Gasteiger partial charge >= 0.3 is 5.97 Å². The largest absolute Gasteiger partial charge is 0.480 e. The smallest absolute Gasteiger partial charge is 0.323 e. The van der Waals surface area contributed by atoms with Crippen molar-refractivity contribution in [1.29, 1.82) is 0 Å². The maximum atomic E-state index is 13.5. The summed E-state index contributed by atoms with van der Waals surface area (Å²) in [5.74, 6) is -0.930. The molecular weight excluding hydrogens is 223 g/mol. The second-order valence-electron chi connectivity index (χ2n) is 3.73. The number of benzene rings is 1. The third-order valence-corrected chi connectivity index (χ3v) is 2.42. The minimum Gasteiger partial charge on any atom is -0.480 e. The Hall–Kier alpha value is -2.17. The van der Waals surface area contributed by atoms with E-state index in [1.54, 1.807) is 31.3 Å². The Labute approximate surface area is 97.3 Å². The fourth-order valence-electron chi connectivity index (χ4n) is 1.60. The Morgan fingerprint density at radius 1 is 1.41 bits per heavy atom. The molecule has 1 heterocycles. The van der Waals surface area contributed by atoms with Crippen LogP contribution in [0.4, 0.5) is 10.2 Å². The molecule has 0 saturated heterocycles. The number of carbonyl (C=O) groups is 1. The number of fused-ring (bicyclic) bond motifs is 1. The highest BCUT2D eigenvalue weighted by atomic mass is 19.1. The van der Waals surface area contributed by atoms with Gasteiger partial charge in [0.2, 0.25) is 0 Å². The number of rotatable bonds is 3. The van der Waals surface area contributed by atoms with Gasteiger partial charge in [-0.25, -0.2) is 9.37 Å². The Bertz CT molecular complexity index is 571. The molecule has 0 aliphatic rings. The number of carboxylic acids is 1. The molecule has 1 N–H and O–H groups in total. The third kappa shape index (κ3) is 2.33. The highest BCUT2D eigenvalue weighted by molar-refractivity contribution is 5.81. The topological polar surface area (TPSA) is 53.4 Å². The highest BCUT2D eigenvalue weighted by Gasteiger charge is 2.09. The molecule has 5 heteroatoms. The molecule has 88 valence electrons. The number of aliphatic carboxylic acids is 1. The first kappa shape index (κ1) is 11.3. The van der Waals surface area contributed by atoms with E-state index in [0.29, 0.717) is 11.2 Å². The standard InChI is InChI=1S/C12H11FN2O2/c1-15(7-11(16)17)10-6-5-8-3-2-4-9(13)12(8)14-10/h2-6H,7H2,1H3,(H,16,17). The van der Waals surface area contributed by atoms with Crippen LogP contribution < -0.4 is 4.90 Å². The molecule has 4 nitrogen and oxygen atoms in total. The Balaban J connectivity index is 2.43. The van der Waals surface area contributed by atoms with Gasteiger partial charge in [0.05, 0.1) is 0 Å². The molecule has 0 spiro atoms. The Morgan fingerprint density at radius 2 is 2.18 bits per heavy atom. The van der Waals surface area contributed by atoms with Crippen LogP contribution in [0.1, 0.15) is 0 Å². The van der Waals surface area contributed by atoms with Crippen molar-refractivity contribution in [2.45, 2.75) is 0 Å². The second-order valence-corrected chi connectivity index (χ2v) is 3.73. The molecule has 0 fully saturated rings. The van der Waals surface area contributed by atoms with Crippen LogP contribution >= 0.6 is 0 Å². The van der Waals surface area contributed by atoms with E-state index in [9.17, 15) is 9.18 Å². The highest BCUT2D eigenvalue weighted by Crippen LogP contribution is 2.19. The van der Waals surface area contributed by atoms with Gasteiger partial charge < -0.3 is 10.0 Å². The summed E-state index contributed by atoms with van der Waals surface area (Å²) < 4.78 is 13.5. The number of nitrogens with zero attached hydrogens (tertiary/aromatic N) is 2. The SMILES string of the molecule is CN(CC(=O)O)c1ccc2cccc(F)c2n1. The summed E-state index contributed by atoms with van der Waals surface area (Å²) in [6.07, 6.45) is 0. The fraction of sp³-hybridized carbons (Fsp3) is 0.167. The van der Waals surface area contributed by atoms with Crippen LogP contribution in [-0.2, 0) is 4.79 Å². The van der Waals surface area contributed by atoms with Gasteiger partial charge in [0.1, 0.15) is 23.7 Å². The molecule has 2 rings (SSSR count). The van der Waals surface area contributed by atoms with Crippen molar-refractivity contribution in [3.8, 4) is 0 Å². The number of anilines is 1. The van der Waals surface area contributed by atoms with Crippen LogP contribution in [0.3, 0.4) is 0 Å².